The molecule has 0 heteroatoms. The zero-order valence-electron chi connectivity index (χ0n) is 22.1. The van der Waals surface area contributed by atoms with E-state index in [1.54, 1.807) is 5.57 Å². The van der Waals surface area contributed by atoms with Crippen molar-refractivity contribution in [2.75, 3.05) is 0 Å². The zero-order chi connectivity index (χ0) is 22.5. The Balaban J connectivity index is 1.66. The first-order chi connectivity index (χ1) is 14.8. The van der Waals surface area contributed by atoms with Gasteiger partial charge in [0.15, 0.2) is 0 Å². The molecule has 0 aromatic carbocycles. The predicted octanol–water partition coefficient (Wildman–Crippen LogP) is 9.86. The quantitative estimate of drug-likeness (QED) is 0.228. The lowest BCUT2D eigenvalue weighted by Gasteiger charge is -2.34. The van der Waals surface area contributed by atoms with Gasteiger partial charge in [0, 0.05) is 0 Å². The molecule has 0 heterocycles. The highest BCUT2D eigenvalue weighted by molar-refractivity contribution is 5.17. The smallest absolute Gasteiger partial charge is 0.0174 e. The van der Waals surface area contributed by atoms with Crippen molar-refractivity contribution in [3.63, 3.8) is 0 Å². The maximum Gasteiger partial charge on any atom is -0.0174 e. The highest BCUT2D eigenvalue weighted by atomic mass is 14.4. The molecule has 3 aliphatic rings. The molecule has 31 heavy (non-hydrogen) atoms. The maximum atomic E-state index is 2.78. The van der Waals surface area contributed by atoms with E-state index in [2.05, 4.69) is 60.6 Å². The van der Waals surface area contributed by atoms with Gasteiger partial charge in [-0.1, -0.05) is 77.7 Å². The van der Waals surface area contributed by atoms with Crippen LogP contribution in [0.4, 0.5) is 0 Å². The number of hydrogen-bond donors (Lipinski definition) is 0. The minimum Gasteiger partial charge on any atom is -0.0847 e. The van der Waals surface area contributed by atoms with E-state index in [1.807, 2.05) is 5.57 Å². The summed E-state index contributed by atoms with van der Waals surface area (Å²) >= 11 is 0. The molecule has 3 saturated carbocycles. The van der Waals surface area contributed by atoms with Crippen LogP contribution >= 0.6 is 0 Å². The van der Waals surface area contributed by atoms with E-state index in [0.29, 0.717) is 0 Å². The van der Waals surface area contributed by atoms with Gasteiger partial charge in [-0.05, 0) is 118 Å². The summed E-state index contributed by atoms with van der Waals surface area (Å²) in [6, 6.07) is 0. The minimum absolute atomic E-state index is 0.769. The Morgan fingerprint density at radius 1 is 0.968 bits per heavy atom. The number of hydrogen-bond acceptors (Lipinski definition) is 0. The summed E-state index contributed by atoms with van der Waals surface area (Å²) in [4.78, 5) is 0. The summed E-state index contributed by atoms with van der Waals surface area (Å²) < 4.78 is 0. The van der Waals surface area contributed by atoms with Crippen molar-refractivity contribution < 1.29 is 0 Å². The first-order valence-electron chi connectivity index (χ1n) is 14.2. The molecule has 3 aliphatic carbocycles. The third-order valence-corrected chi connectivity index (χ3v) is 9.44. The van der Waals surface area contributed by atoms with Crippen molar-refractivity contribution in [1.29, 1.82) is 0 Å². The Kier molecular flexibility index (Phi) is 9.36. The van der Waals surface area contributed by atoms with Gasteiger partial charge in [-0.25, -0.2) is 0 Å². The summed E-state index contributed by atoms with van der Waals surface area (Å²) in [5, 5.41) is 0. The fraction of sp³-hybridized carbons (Fsp3) is 0.871. The van der Waals surface area contributed by atoms with Crippen LogP contribution in [-0.2, 0) is 0 Å². The Bertz CT molecular complexity index is 602. The summed E-state index contributed by atoms with van der Waals surface area (Å²) in [7, 11) is 0. The summed E-state index contributed by atoms with van der Waals surface area (Å²) in [5.74, 6) is 8.16. The van der Waals surface area contributed by atoms with Crippen LogP contribution in [0.5, 0.6) is 0 Å². The van der Waals surface area contributed by atoms with Crippen LogP contribution in [0.1, 0.15) is 119 Å². The Hall–Kier alpha value is -0.520. The molecule has 0 N–H and O–H groups in total. The second-order valence-electron chi connectivity index (χ2n) is 12.4. The molecule has 0 aromatic heterocycles. The summed E-state index contributed by atoms with van der Waals surface area (Å²) in [5.41, 5.74) is 3.45. The van der Waals surface area contributed by atoms with Gasteiger partial charge in [0.2, 0.25) is 0 Å². The molecule has 178 valence electrons. The first kappa shape index (κ1) is 25.1. The van der Waals surface area contributed by atoms with E-state index < -0.39 is 0 Å². The molecular weight excluding hydrogens is 372 g/mol. The van der Waals surface area contributed by atoms with Gasteiger partial charge >= 0.3 is 0 Å². The van der Waals surface area contributed by atoms with E-state index in [9.17, 15) is 0 Å². The van der Waals surface area contributed by atoms with Crippen molar-refractivity contribution in [3.8, 4) is 0 Å². The van der Waals surface area contributed by atoms with Gasteiger partial charge in [-0.3, -0.25) is 0 Å². The van der Waals surface area contributed by atoms with Crippen LogP contribution in [0.25, 0.3) is 0 Å². The van der Waals surface area contributed by atoms with Gasteiger partial charge in [-0.2, -0.15) is 0 Å². The normalized spacial score (nSPS) is 29.4. The third kappa shape index (κ3) is 8.08. The van der Waals surface area contributed by atoms with Crippen molar-refractivity contribution in [2.45, 2.75) is 119 Å². The molecule has 0 aromatic rings. The SMILES string of the molecule is CCC(C)=CC(CC)CC(C)C(C)C(CC=C(CC1CC1)C1CC1C)C(C)CC1CC1. The molecule has 0 radical (unpaired) electrons. The van der Waals surface area contributed by atoms with Gasteiger partial charge in [0.25, 0.3) is 0 Å². The second kappa shape index (κ2) is 11.6. The second-order valence-corrected chi connectivity index (χ2v) is 12.4. The van der Waals surface area contributed by atoms with Gasteiger partial charge < -0.3 is 0 Å². The van der Waals surface area contributed by atoms with Crippen molar-refractivity contribution in [2.24, 2.45) is 53.3 Å². The highest BCUT2D eigenvalue weighted by Gasteiger charge is 2.38. The van der Waals surface area contributed by atoms with Crippen LogP contribution in [0.15, 0.2) is 23.3 Å². The van der Waals surface area contributed by atoms with Crippen LogP contribution in [0.2, 0.25) is 0 Å². The largest absolute Gasteiger partial charge is 0.0847 e. The van der Waals surface area contributed by atoms with E-state index in [0.717, 1.165) is 53.3 Å². The lowest BCUT2D eigenvalue weighted by molar-refractivity contribution is 0.168. The Morgan fingerprint density at radius 3 is 2.13 bits per heavy atom. The fourth-order valence-electron chi connectivity index (χ4n) is 6.17. The average Bonchev–Trinajstić information content (AvgIpc) is 3.58. The lowest BCUT2D eigenvalue weighted by atomic mass is 9.71. The Morgan fingerprint density at radius 2 is 1.61 bits per heavy atom. The predicted molar refractivity (Wildman–Crippen MR) is 138 cm³/mol. The molecule has 3 rings (SSSR count). The molecular formula is C31H54. The monoisotopic (exact) mass is 426 g/mol. The molecule has 0 bridgehead atoms. The van der Waals surface area contributed by atoms with E-state index in [-0.39, 0.29) is 0 Å². The highest BCUT2D eigenvalue weighted by Crippen LogP contribution is 2.49. The van der Waals surface area contributed by atoms with Crippen molar-refractivity contribution in [3.05, 3.63) is 23.3 Å². The van der Waals surface area contributed by atoms with E-state index in [1.165, 1.54) is 70.6 Å². The van der Waals surface area contributed by atoms with E-state index in [4.69, 9.17) is 0 Å². The fourth-order valence-corrected chi connectivity index (χ4v) is 6.17. The third-order valence-electron chi connectivity index (χ3n) is 9.44. The van der Waals surface area contributed by atoms with Crippen molar-refractivity contribution in [1.82, 2.24) is 0 Å². The van der Waals surface area contributed by atoms with Crippen molar-refractivity contribution >= 4 is 0 Å². The molecule has 0 spiro atoms. The van der Waals surface area contributed by atoms with Crippen LogP contribution in [-0.4, -0.2) is 0 Å². The van der Waals surface area contributed by atoms with Crippen LogP contribution in [0, 0.1) is 53.3 Å². The average molecular weight is 427 g/mol. The zero-order valence-corrected chi connectivity index (χ0v) is 22.1. The standard InChI is InChI=1S/C31H54/c1-8-21(3)16-26(9-2)17-22(4)25(7)30(23(5)18-27-10-11-27)15-14-29(20-28-12-13-28)31-19-24(31)6/h14,16,22-28,30-31H,8-13,15,17-20H2,1-7H3. The first-order valence-corrected chi connectivity index (χ1v) is 14.2. The number of allylic oxidation sites excluding steroid dienone is 4. The molecule has 7 atom stereocenters. The molecule has 0 saturated heterocycles. The molecule has 7 unspecified atom stereocenters. The molecule has 0 nitrogen and oxygen atoms in total. The summed E-state index contributed by atoms with van der Waals surface area (Å²) in [6.45, 7) is 17.2. The topological polar surface area (TPSA) is 0 Å². The maximum absolute atomic E-state index is 2.78. The van der Waals surface area contributed by atoms with E-state index >= 15 is 0 Å². The van der Waals surface area contributed by atoms with Crippen LogP contribution < -0.4 is 0 Å². The van der Waals surface area contributed by atoms with Gasteiger partial charge in [0.05, 0.1) is 0 Å². The van der Waals surface area contributed by atoms with Gasteiger partial charge in [0.1, 0.15) is 0 Å². The molecule has 3 fully saturated rings. The van der Waals surface area contributed by atoms with Crippen LogP contribution in [0.3, 0.4) is 0 Å². The summed E-state index contributed by atoms with van der Waals surface area (Å²) in [6.07, 6.45) is 21.0. The minimum atomic E-state index is 0.769. The molecule has 0 amide bonds. The Labute approximate surface area is 195 Å². The lowest BCUT2D eigenvalue weighted by Crippen LogP contribution is -2.26. The number of rotatable bonds is 15. The molecule has 0 aliphatic heterocycles. The van der Waals surface area contributed by atoms with Gasteiger partial charge in [-0.15, -0.1) is 0 Å².